The summed E-state index contributed by atoms with van der Waals surface area (Å²) in [5.74, 6) is 0.235. The van der Waals surface area contributed by atoms with Crippen LogP contribution < -0.4 is 23.7 Å². The summed E-state index contributed by atoms with van der Waals surface area (Å²) in [4.78, 5) is -0.401. The maximum Gasteiger partial charge on any atom is 0.369 e. The smallest absolute Gasteiger partial charge is 0.369 e. The van der Waals surface area contributed by atoms with Crippen LogP contribution in [0.25, 0.3) is 0 Å². The molecule has 0 amide bonds. The number of hydrogen-bond acceptors (Lipinski definition) is 10. The quantitative estimate of drug-likeness (QED) is 0.122. The van der Waals surface area contributed by atoms with Crippen LogP contribution in [0.4, 0.5) is 0 Å². The van der Waals surface area contributed by atoms with Crippen molar-refractivity contribution >= 4 is 149 Å². The average molecular weight is 1250 g/mol. The second kappa shape index (κ2) is 22.2. The minimum Gasteiger partial charge on any atom is -0.507 e. The number of phenolic OH excluding ortho intramolecular Hbond substituents is 1. The number of methoxy groups -OCH3 is 1. The molecule has 12 nitrogen and oxygen atoms in total. The highest BCUT2D eigenvalue weighted by Gasteiger charge is 2.35. The average Bonchev–Trinajstić information content (AvgIpc) is 3.11. The van der Waals surface area contributed by atoms with E-state index in [4.69, 9.17) is 71.1 Å². The molecular formula is C35H28BBr5Cl4N4O8S2. The van der Waals surface area contributed by atoms with Crippen molar-refractivity contribution in [1.82, 2.24) is 9.44 Å². The van der Waals surface area contributed by atoms with E-state index >= 15 is 0 Å². The first kappa shape index (κ1) is 50.2. The summed E-state index contributed by atoms with van der Waals surface area (Å²) in [6.07, 6.45) is 1.85. The van der Waals surface area contributed by atoms with Gasteiger partial charge in [-0.2, -0.15) is 10.5 Å². The zero-order valence-electron chi connectivity index (χ0n) is 29.9. The molecule has 24 heteroatoms. The molecule has 0 unspecified atom stereocenters. The molecule has 0 atom stereocenters. The van der Waals surface area contributed by atoms with Gasteiger partial charge in [0.05, 0.1) is 39.3 Å². The van der Waals surface area contributed by atoms with Crippen LogP contribution >= 0.6 is 126 Å². The van der Waals surface area contributed by atoms with Crippen LogP contribution in [-0.2, 0) is 20.0 Å². The predicted octanol–water partition coefficient (Wildman–Crippen LogP) is 12.1. The Morgan fingerprint density at radius 1 is 0.678 bits per heavy atom. The molecule has 4 aromatic carbocycles. The number of phenols is 1. The highest BCUT2D eigenvalue weighted by atomic mass is 79.9. The third-order valence-electron chi connectivity index (χ3n) is 8.30. The van der Waals surface area contributed by atoms with Crippen molar-refractivity contribution in [3.05, 3.63) is 89.7 Å². The van der Waals surface area contributed by atoms with Crippen LogP contribution in [0.5, 0.6) is 34.5 Å². The number of rotatable bonds is 11. The van der Waals surface area contributed by atoms with E-state index in [2.05, 4.69) is 101 Å². The standard InChI is InChI=1S/C18H15BrCl2N2O4S.C17H13BrCl2N2O4S.BBr3/c1-26-16-3-2-13(27-18-14(20)6-11(19)7-15(18)21)8-17(16)28(24,25)23-12-4-10(5-12)9-22;18-10-5-13(19)17(14(20)6-10)26-12-1-2-15(23)16(7-12)27(24,25)22-11-3-9(4-11)8-21;2-1(3)4/h2-3,6-8,10,12,23H,4-5H2,1H3;1-2,5-7,9,11,22-23H,3-4H2;. The number of nitrogens with zero attached hydrogens (tertiary/aromatic N) is 2. The number of ether oxygens (including phenoxy) is 3. The maximum atomic E-state index is 12.8. The van der Waals surface area contributed by atoms with Crippen molar-refractivity contribution in [2.75, 3.05) is 7.11 Å². The molecule has 2 aliphatic rings. The highest BCUT2D eigenvalue weighted by molar-refractivity contribution is 9.69. The number of nitrogens with one attached hydrogen (secondary N) is 2. The molecule has 0 radical (unpaired) electrons. The van der Waals surface area contributed by atoms with E-state index in [1.54, 1.807) is 30.3 Å². The van der Waals surface area contributed by atoms with E-state index in [1.165, 1.54) is 37.4 Å². The van der Waals surface area contributed by atoms with E-state index in [-0.39, 0.29) is 85.7 Å². The molecule has 0 spiro atoms. The summed E-state index contributed by atoms with van der Waals surface area (Å²) >= 11 is 40.5. The molecule has 0 saturated heterocycles. The molecule has 0 aliphatic heterocycles. The van der Waals surface area contributed by atoms with Gasteiger partial charge in [-0.3, -0.25) is 0 Å². The maximum absolute atomic E-state index is 12.8. The van der Waals surface area contributed by atoms with E-state index < -0.39 is 25.8 Å². The number of benzene rings is 4. The molecule has 2 fully saturated rings. The first-order chi connectivity index (χ1) is 27.7. The SMILES string of the molecule is BrB(Br)Br.COc1ccc(Oc2c(Cl)cc(Br)cc2Cl)cc1S(=O)(=O)NC1CC(C#N)C1.N#CC1CC(NS(=O)(=O)c2cc(Oc3c(Cl)cc(Br)cc3Cl)ccc2O)C1. The molecule has 0 heterocycles. The summed E-state index contributed by atoms with van der Waals surface area (Å²) in [6.45, 7) is 0. The van der Waals surface area contributed by atoms with E-state index in [1.807, 2.05) is 0 Å². The van der Waals surface area contributed by atoms with E-state index in [0.717, 1.165) is 0 Å². The van der Waals surface area contributed by atoms with Crippen LogP contribution in [0, 0.1) is 34.5 Å². The van der Waals surface area contributed by atoms with Crippen molar-refractivity contribution in [2.24, 2.45) is 11.8 Å². The summed E-state index contributed by atoms with van der Waals surface area (Å²) in [5.41, 5.74) is 0. The zero-order chi connectivity index (χ0) is 43.8. The first-order valence-electron chi connectivity index (χ1n) is 16.6. The van der Waals surface area contributed by atoms with Crippen molar-refractivity contribution < 1.29 is 36.2 Å². The summed E-state index contributed by atoms with van der Waals surface area (Å²) in [5, 5.41) is 28.7. The van der Waals surface area contributed by atoms with Gasteiger partial charge in [0, 0.05) is 45.0 Å². The molecule has 6 rings (SSSR count). The molecular weight excluding hydrogens is 1220 g/mol. The Kier molecular flexibility index (Phi) is 18.9. The van der Waals surface area contributed by atoms with E-state index in [0.29, 0.717) is 34.6 Å². The molecule has 59 heavy (non-hydrogen) atoms. The van der Waals surface area contributed by atoms with Crippen LogP contribution in [0.1, 0.15) is 25.7 Å². The molecule has 2 aliphatic carbocycles. The zero-order valence-corrected chi connectivity index (χ0v) is 42.5. The summed E-state index contributed by atoms with van der Waals surface area (Å²) in [6, 6.07) is 18.2. The largest absolute Gasteiger partial charge is 0.507 e. The molecule has 314 valence electrons. The van der Waals surface area contributed by atoms with Gasteiger partial charge >= 0.3 is 3.18 Å². The Hall–Kier alpha value is -1.50. The van der Waals surface area contributed by atoms with Crippen LogP contribution in [-0.4, -0.2) is 44.3 Å². The Morgan fingerprint density at radius 3 is 1.41 bits per heavy atom. The second-order valence-corrected chi connectivity index (χ2v) is 25.8. The van der Waals surface area contributed by atoms with Gasteiger partial charge in [0.2, 0.25) is 20.0 Å². The van der Waals surface area contributed by atoms with E-state index in [9.17, 15) is 21.9 Å². The Balaban J connectivity index is 0.000000239. The van der Waals surface area contributed by atoms with Gasteiger partial charge in [0.15, 0.2) is 11.5 Å². The van der Waals surface area contributed by atoms with Crippen molar-refractivity contribution in [3.8, 4) is 46.6 Å². The van der Waals surface area contributed by atoms with Gasteiger partial charge in [-0.25, -0.2) is 26.3 Å². The fourth-order valence-corrected chi connectivity index (χ4v) is 10.8. The topological polar surface area (TPSA) is 188 Å². The van der Waals surface area contributed by atoms with Crippen molar-refractivity contribution in [1.29, 1.82) is 10.5 Å². The van der Waals surface area contributed by atoms with Crippen LogP contribution in [0.2, 0.25) is 20.1 Å². The van der Waals surface area contributed by atoms with Gasteiger partial charge in [0.25, 0.3) is 0 Å². The molecule has 3 N–H and O–H groups in total. The number of nitriles is 2. The third kappa shape index (κ3) is 14.3. The molecule has 2 saturated carbocycles. The second-order valence-electron chi connectivity index (χ2n) is 12.5. The fraction of sp³-hybridized carbons (Fsp3) is 0.257. The van der Waals surface area contributed by atoms with Crippen LogP contribution in [0.15, 0.2) is 79.4 Å². The lowest BCUT2D eigenvalue weighted by Crippen LogP contribution is -2.43. The van der Waals surface area contributed by atoms with Gasteiger partial charge in [-0.15, -0.1) is 47.3 Å². The third-order valence-corrected chi connectivity index (χ3v) is 13.4. The number of halogens is 9. The predicted molar refractivity (Wildman–Crippen MR) is 247 cm³/mol. The number of sulfonamides is 2. The fourth-order valence-electron chi connectivity index (χ4n) is 5.40. The summed E-state index contributed by atoms with van der Waals surface area (Å²) in [7, 11) is -6.48. The number of hydrogen-bond donors (Lipinski definition) is 3. The first-order valence-corrected chi connectivity index (χ1v) is 25.4. The van der Waals surface area contributed by atoms with Crippen LogP contribution in [0.3, 0.4) is 0 Å². The van der Waals surface area contributed by atoms with Gasteiger partial charge < -0.3 is 19.3 Å². The minimum absolute atomic E-state index is 0.0720. The number of aromatic hydroxyl groups is 1. The minimum atomic E-state index is -3.99. The van der Waals surface area contributed by atoms with Gasteiger partial charge in [-0.05, 0) is 74.2 Å². The lowest BCUT2D eigenvalue weighted by atomic mass is 9.82. The lowest BCUT2D eigenvalue weighted by molar-refractivity contribution is 0.307. The molecule has 0 aromatic heterocycles. The van der Waals surface area contributed by atoms with Gasteiger partial charge in [-0.1, -0.05) is 78.3 Å². The lowest BCUT2D eigenvalue weighted by Gasteiger charge is -2.31. The van der Waals surface area contributed by atoms with Crippen molar-refractivity contribution in [3.63, 3.8) is 0 Å². The Bertz CT molecular complexity index is 2440. The highest BCUT2D eigenvalue weighted by Crippen LogP contribution is 2.42. The molecule has 0 bridgehead atoms. The monoisotopic (exact) mass is 1240 g/mol. The Morgan fingerprint density at radius 2 is 1.03 bits per heavy atom. The summed E-state index contributed by atoms with van der Waals surface area (Å²) < 4.78 is 74.0. The van der Waals surface area contributed by atoms with Crippen molar-refractivity contribution in [2.45, 2.75) is 47.6 Å². The molecule has 4 aromatic rings. The normalized spacial score (nSPS) is 18.2. The van der Waals surface area contributed by atoms with Gasteiger partial charge in [0.1, 0.15) is 32.8 Å². The Labute approximate surface area is 403 Å².